The molecule has 2 nitrogen and oxygen atoms in total. The molecule has 0 bridgehead atoms. The van der Waals surface area contributed by atoms with Gasteiger partial charge in [-0.2, -0.15) is 0 Å². The first kappa shape index (κ1) is 9.92. The molecule has 0 unspecified atom stereocenters. The van der Waals surface area contributed by atoms with Crippen LogP contribution >= 0.6 is 0 Å². The molecule has 0 radical (unpaired) electrons. The van der Waals surface area contributed by atoms with E-state index in [-0.39, 0.29) is 18.6 Å². The van der Waals surface area contributed by atoms with Crippen molar-refractivity contribution in [1.29, 1.82) is 0 Å². The first-order chi connectivity index (χ1) is 4.72. The molecule has 0 aliphatic heterocycles. The van der Waals surface area contributed by atoms with Crippen molar-refractivity contribution in [2.45, 2.75) is 39.2 Å². The van der Waals surface area contributed by atoms with Gasteiger partial charge in [-0.1, -0.05) is 26.7 Å². The Balaban J connectivity index is 3.31. The van der Waals surface area contributed by atoms with Crippen molar-refractivity contribution in [3.63, 3.8) is 0 Å². The summed E-state index contributed by atoms with van der Waals surface area (Å²) in [7, 11) is 0. The lowest BCUT2D eigenvalue weighted by atomic mass is 10.0. The minimum atomic E-state index is -0.315. The normalized spacial score (nSPS) is 16.8. The van der Waals surface area contributed by atoms with Crippen molar-refractivity contribution in [2.75, 3.05) is 6.61 Å². The highest BCUT2D eigenvalue weighted by Gasteiger charge is 2.11. The fraction of sp³-hybridized carbons (Fsp3) is 1.00. The Morgan fingerprint density at radius 3 is 2.40 bits per heavy atom. The molecule has 0 aliphatic carbocycles. The minimum absolute atomic E-state index is 0.0338. The molecule has 0 spiro atoms. The highest BCUT2D eigenvalue weighted by molar-refractivity contribution is 4.62. The Morgan fingerprint density at radius 2 is 2.00 bits per heavy atom. The Kier molecular flexibility index (Phi) is 5.64. The molecule has 0 aromatic carbocycles. The van der Waals surface area contributed by atoms with Gasteiger partial charge in [0, 0.05) is 12.5 Å². The quantitative estimate of drug-likeness (QED) is 0.611. The van der Waals surface area contributed by atoms with Crippen LogP contribution < -0.4 is 0 Å². The van der Waals surface area contributed by atoms with Crippen LogP contribution in [0.4, 0.5) is 0 Å². The minimum Gasteiger partial charge on any atom is -0.396 e. The number of hydrogen-bond donors (Lipinski definition) is 2. The first-order valence-corrected chi connectivity index (χ1v) is 4.01. The van der Waals surface area contributed by atoms with Crippen LogP contribution in [0.5, 0.6) is 0 Å². The number of hydrogen-bond acceptors (Lipinski definition) is 2. The summed E-state index contributed by atoms with van der Waals surface area (Å²) >= 11 is 0. The number of rotatable bonds is 5. The fourth-order valence-electron chi connectivity index (χ4n) is 0.819. The molecular formula is C8H18O2. The van der Waals surface area contributed by atoms with Gasteiger partial charge in [0.1, 0.15) is 0 Å². The average molecular weight is 146 g/mol. The van der Waals surface area contributed by atoms with Crippen LogP contribution in [0, 0.1) is 5.92 Å². The van der Waals surface area contributed by atoms with Crippen LogP contribution in [0.3, 0.4) is 0 Å². The van der Waals surface area contributed by atoms with Crippen molar-refractivity contribution in [3.05, 3.63) is 0 Å². The van der Waals surface area contributed by atoms with Crippen LogP contribution in [-0.4, -0.2) is 22.9 Å². The summed E-state index contributed by atoms with van der Waals surface area (Å²) in [5.74, 6) is 0.0338. The molecule has 0 saturated heterocycles. The maximum Gasteiger partial charge on any atom is 0.0587 e. The highest BCUT2D eigenvalue weighted by atomic mass is 16.3. The molecule has 2 heteroatoms. The maximum atomic E-state index is 9.29. The van der Waals surface area contributed by atoms with Gasteiger partial charge in [-0.15, -0.1) is 0 Å². The predicted octanol–water partition coefficient (Wildman–Crippen LogP) is 1.17. The second-order valence-electron chi connectivity index (χ2n) is 2.87. The van der Waals surface area contributed by atoms with Gasteiger partial charge in [0.05, 0.1) is 6.10 Å². The first-order valence-electron chi connectivity index (χ1n) is 4.01. The zero-order chi connectivity index (χ0) is 7.98. The number of aliphatic hydroxyl groups excluding tert-OH is 2. The van der Waals surface area contributed by atoms with Crippen molar-refractivity contribution in [1.82, 2.24) is 0 Å². The van der Waals surface area contributed by atoms with Gasteiger partial charge in [-0.05, 0) is 6.42 Å². The molecule has 0 aliphatic rings. The molecule has 0 saturated carbocycles. The van der Waals surface area contributed by atoms with E-state index >= 15 is 0 Å². The Bertz CT molecular complexity index is 73.7. The van der Waals surface area contributed by atoms with E-state index in [1.165, 1.54) is 0 Å². The molecule has 0 heterocycles. The molecule has 0 aromatic rings. The van der Waals surface area contributed by atoms with E-state index in [0.717, 1.165) is 19.3 Å². The monoisotopic (exact) mass is 146 g/mol. The average Bonchev–Trinajstić information content (AvgIpc) is 1.98. The summed E-state index contributed by atoms with van der Waals surface area (Å²) in [6, 6.07) is 0. The zero-order valence-electron chi connectivity index (χ0n) is 6.88. The third-order valence-corrected chi connectivity index (χ3v) is 1.80. The summed E-state index contributed by atoms with van der Waals surface area (Å²) in [6.45, 7) is 4.04. The van der Waals surface area contributed by atoms with Crippen LogP contribution in [0.15, 0.2) is 0 Å². The molecular weight excluding hydrogens is 128 g/mol. The predicted molar refractivity (Wildman–Crippen MR) is 41.8 cm³/mol. The van der Waals surface area contributed by atoms with E-state index in [2.05, 4.69) is 6.92 Å². The highest BCUT2D eigenvalue weighted by Crippen LogP contribution is 2.09. The summed E-state index contributed by atoms with van der Waals surface area (Å²) in [6.07, 6.45) is 2.66. The SMILES string of the molecule is CCCC[C@H](O)[C@@H](C)CO. The third-order valence-electron chi connectivity index (χ3n) is 1.80. The van der Waals surface area contributed by atoms with E-state index in [4.69, 9.17) is 5.11 Å². The van der Waals surface area contributed by atoms with E-state index in [9.17, 15) is 5.11 Å². The second kappa shape index (κ2) is 5.69. The summed E-state index contributed by atoms with van der Waals surface area (Å²) in [5.41, 5.74) is 0. The molecule has 62 valence electrons. The summed E-state index contributed by atoms with van der Waals surface area (Å²) < 4.78 is 0. The molecule has 0 fully saturated rings. The van der Waals surface area contributed by atoms with Crippen LogP contribution in [-0.2, 0) is 0 Å². The number of aliphatic hydroxyl groups is 2. The van der Waals surface area contributed by atoms with Crippen molar-refractivity contribution in [2.24, 2.45) is 5.92 Å². The Morgan fingerprint density at radius 1 is 1.40 bits per heavy atom. The maximum absolute atomic E-state index is 9.29. The van der Waals surface area contributed by atoms with E-state index in [1.807, 2.05) is 6.92 Å². The topological polar surface area (TPSA) is 40.5 Å². The van der Waals surface area contributed by atoms with Gasteiger partial charge in [-0.3, -0.25) is 0 Å². The van der Waals surface area contributed by atoms with Gasteiger partial charge in [0.2, 0.25) is 0 Å². The van der Waals surface area contributed by atoms with E-state index in [1.54, 1.807) is 0 Å². The standard InChI is InChI=1S/C8H18O2/c1-3-4-5-8(10)7(2)6-9/h7-10H,3-6H2,1-2H3/t7-,8-/m0/s1. The number of unbranched alkanes of at least 4 members (excludes halogenated alkanes) is 1. The van der Waals surface area contributed by atoms with E-state index < -0.39 is 0 Å². The molecule has 0 rings (SSSR count). The third kappa shape index (κ3) is 3.85. The smallest absolute Gasteiger partial charge is 0.0587 e. The van der Waals surface area contributed by atoms with Gasteiger partial charge >= 0.3 is 0 Å². The molecule has 2 N–H and O–H groups in total. The summed E-state index contributed by atoms with van der Waals surface area (Å²) in [4.78, 5) is 0. The van der Waals surface area contributed by atoms with Gasteiger partial charge in [0.25, 0.3) is 0 Å². The Hall–Kier alpha value is -0.0800. The van der Waals surface area contributed by atoms with Gasteiger partial charge in [-0.25, -0.2) is 0 Å². The van der Waals surface area contributed by atoms with Crippen LogP contribution in [0.25, 0.3) is 0 Å². The largest absolute Gasteiger partial charge is 0.396 e. The van der Waals surface area contributed by atoms with E-state index in [0.29, 0.717) is 0 Å². The fourth-order valence-corrected chi connectivity index (χ4v) is 0.819. The molecule has 2 atom stereocenters. The Labute approximate surface area is 62.9 Å². The van der Waals surface area contributed by atoms with Gasteiger partial charge in [0.15, 0.2) is 0 Å². The second-order valence-corrected chi connectivity index (χ2v) is 2.87. The van der Waals surface area contributed by atoms with Crippen molar-refractivity contribution in [3.8, 4) is 0 Å². The molecule has 0 aromatic heterocycles. The van der Waals surface area contributed by atoms with Crippen LogP contribution in [0.1, 0.15) is 33.1 Å². The van der Waals surface area contributed by atoms with Crippen LogP contribution in [0.2, 0.25) is 0 Å². The lowest BCUT2D eigenvalue weighted by Gasteiger charge is -2.15. The summed E-state index contributed by atoms with van der Waals surface area (Å²) in [5, 5.41) is 17.9. The molecule has 10 heavy (non-hydrogen) atoms. The van der Waals surface area contributed by atoms with Crippen molar-refractivity contribution < 1.29 is 10.2 Å². The lowest BCUT2D eigenvalue weighted by Crippen LogP contribution is -2.20. The zero-order valence-corrected chi connectivity index (χ0v) is 6.88. The lowest BCUT2D eigenvalue weighted by molar-refractivity contribution is 0.0689. The van der Waals surface area contributed by atoms with Crippen molar-refractivity contribution >= 4 is 0 Å². The molecule has 0 amide bonds. The van der Waals surface area contributed by atoms with Gasteiger partial charge < -0.3 is 10.2 Å².